The number of fused-ring (bicyclic) bond motifs is 7. The van der Waals surface area contributed by atoms with Gasteiger partial charge in [0.25, 0.3) is 0 Å². The molecule has 0 spiro atoms. The summed E-state index contributed by atoms with van der Waals surface area (Å²) >= 11 is 0. The van der Waals surface area contributed by atoms with Crippen molar-refractivity contribution in [3.05, 3.63) is 186 Å². The fourth-order valence-corrected chi connectivity index (χ4v) is 7.75. The third-order valence-electron chi connectivity index (χ3n) is 10.4. The van der Waals surface area contributed by atoms with Gasteiger partial charge in [-0.1, -0.05) is 146 Å². The van der Waals surface area contributed by atoms with Gasteiger partial charge in [-0.2, -0.15) is 0 Å². The Hall–Kier alpha value is -7.31. The van der Waals surface area contributed by atoms with E-state index in [1.807, 2.05) is 66.7 Å². The maximum absolute atomic E-state index is 6.61. The van der Waals surface area contributed by atoms with Crippen LogP contribution in [0, 0.1) is 0 Å². The number of para-hydroxylation sites is 2. The van der Waals surface area contributed by atoms with Gasteiger partial charge in [0.05, 0.1) is 22.5 Å². The highest BCUT2D eigenvalue weighted by Crippen LogP contribution is 2.36. The lowest BCUT2D eigenvalue weighted by Gasteiger charge is -2.24. The molecule has 0 amide bonds. The Balaban J connectivity index is 1.04. The molecule has 0 saturated carbocycles. The van der Waals surface area contributed by atoms with Crippen LogP contribution in [-0.4, -0.2) is 21.0 Å². The predicted molar refractivity (Wildman–Crippen MR) is 215 cm³/mol. The van der Waals surface area contributed by atoms with Crippen molar-refractivity contribution in [2.24, 2.45) is 0 Å². The number of rotatable bonds is 5. The average molecular weight is 695 g/mol. The molecule has 0 saturated heterocycles. The monoisotopic (exact) mass is 694 g/mol. The largest absolute Gasteiger partial charge is 0.456 e. The second kappa shape index (κ2) is 12.1. The van der Waals surface area contributed by atoms with Crippen LogP contribution < -0.4 is 16.0 Å². The lowest BCUT2D eigenvalue weighted by atomic mass is 9.94. The van der Waals surface area contributed by atoms with Crippen LogP contribution >= 0.6 is 0 Å². The summed E-state index contributed by atoms with van der Waals surface area (Å²) in [6, 6.07) is 49.7. The molecule has 9 aromatic rings. The Morgan fingerprint density at radius 2 is 1.13 bits per heavy atom. The summed E-state index contributed by atoms with van der Waals surface area (Å²) in [6.07, 6.45) is 8.48. The second-order valence-electron chi connectivity index (χ2n) is 13.6. The van der Waals surface area contributed by atoms with Gasteiger partial charge in [-0.25, -0.2) is 15.0 Å². The van der Waals surface area contributed by atoms with Crippen molar-refractivity contribution >= 4 is 44.2 Å². The van der Waals surface area contributed by atoms with E-state index >= 15 is 0 Å². The number of nitrogens with zero attached hydrogens (tertiary/aromatic N) is 3. The molecule has 1 unspecified atom stereocenters. The van der Waals surface area contributed by atoms with E-state index in [4.69, 9.17) is 23.8 Å². The molecule has 6 heteroatoms. The van der Waals surface area contributed by atoms with E-state index in [0.29, 0.717) is 17.5 Å². The van der Waals surface area contributed by atoms with Crippen molar-refractivity contribution in [1.82, 2.24) is 20.3 Å². The summed E-state index contributed by atoms with van der Waals surface area (Å²) < 4.78 is 13.0. The lowest BCUT2D eigenvalue weighted by Crippen LogP contribution is -2.44. The first kappa shape index (κ1) is 30.3. The number of allylic oxidation sites excluding steroid dienone is 2. The highest BCUT2D eigenvalue weighted by Gasteiger charge is 2.24. The van der Waals surface area contributed by atoms with Gasteiger partial charge in [0.1, 0.15) is 22.2 Å². The zero-order valence-electron chi connectivity index (χ0n) is 28.9. The van der Waals surface area contributed by atoms with Crippen LogP contribution in [0.4, 0.5) is 0 Å². The predicted octanol–water partition coefficient (Wildman–Crippen LogP) is 9.59. The smallest absolute Gasteiger partial charge is 0.167 e. The van der Waals surface area contributed by atoms with Crippen LogP contribution in [0.25, 0.3) is 89.5 Å². The number of hydrogen-bond donors (Lipinski definition) is 1. The van der Waals surface area contributed by atoms with Crippen LogP contribution in [0.15, 0.2) is 179 Å². The van der Waals surface area contributed by atoms with E-state index in [9.17, 15) is 0 Å². The molecule has 11 rings (SSSR count). The number of furan rings is 2. The first-order chi connectivity index (χ1) is 26.7. The molecule has 0 fully saturated rings. The molecule has 3 aromatic heterocycles. The van der Waals surface area contributed by atoms with Crippen LogP contribution in [0.2, 0.25) is 0 Å². The number of nitrogens with one attached hydrogen (secondary N) is 1. The molecule has 2 aliphatic rings. The van der Waals surface area contributed by atoms with Gasteiger partial charge in [-0.05, 0) is 41.0 Å². The van der Waals surface area contributed by atoms with Gasteiger partial charge in [0.15, 0.2) is 17.5 Å². The summed E-state index contributed by atoms with van der Waals surface area (Å²) in [5, 5.41) is 8.05. The van der Waals surface area contributed by atoms with Crippen molar-refractivity contribution in [2.45, 2.75) is 6.04 Å². The highest BCUT2D eigenvalue weighted by molar-refractivity contribution is 6.09. The molecule has 254 valence electrons. The first-order valence-electron chi connectivity index (χ1n) is 18.1. The molecule has 6 nitrogen and oxygen atoms in total. The Morgan fingerprint density at radius 3 is 1.94 bits per heavy atom. The fraction of sp³-hybridized carbons (Fsp3) is 0.0208. The van der Waals surface area contributed by atoms with E-state index in [1.165, 1.54) is 0 Å². The van der Waals surface area contributed by atoms with Gasteiger partial charge in [-0.15, -0.1) is 0 Å². The van der Waals surface area contributed by atoms with Gasteiger partial charge < -0.3 is 14.2 Å². The van der Waals surface area contributed by atoms with Gasteiger partial charge in [-0.3, -0.25) is 0 Å². The maximum atomic E-state index is 6.61. The Bertz CT molecular complexity index is 3120. The van der Waals surface area contributed by atoms with E-state index in [2.05, 4.69) is 108 Å². The fourth-order valence-electron chi connectivity index (χ4n) is 7.75. The lowest BCUT2D eigenvalue weighted by molar-refractivity contribution is 0.564. The molecule has 1 atom stereocenters. The van der Waals surface area contributed by atoms with E-state index in [0.717, 1.165) is 88.2 Å². The second-order valence-corrected chi connectivity index (χ2v) is 13.6. The Kier molecular flexibility index (Phi) is 6.82. The van der Waals surface area contributed by atoms with Crippen molar-refractivity contribution in [1.29, 1.82) is 0 Å². The van der Waals surface area contributed by atoms with E-state index < -0.39 is 0 Å². The van der Waals surface area contributed by atoms with Gasteiger partial charge in [0.2, 0.25) is 0 Å². The van der Waals surface area contributed by atoms with Gasteiger partial charge >= 0.3 is 0 Å². The molecule has 1 aliphatic carbocycles. The quantitative estimate of drug-likeness (QED) is 0.193. The van der Waals surface area contributed by atoms with Crippen LogP contribution in [0.3, 0.4) is 0 Å². The minimum Gasteiger partial charge on any atom is -0.456 e. The summed E-state index contributed by atoms with van der Waals surface area (Å²) in [5.41, 5.74) is 11.5. The molecular formula is C48H30N4O2. The zero-order chi connectivity index (χ0) is 35.6. The molecule has 4 heterocycles. The molecule has 1 N–H and O–H groups in total. The normalized spacial score (nSPS) is 14.8. The SMILES string of the molecule is C1=CC2=c3oc4ccc(-c5ccc(-c6nc(-c7ccccc7)nc(-c7cccc8c7oc7ccccc78)n6)cc5)cc4c3=C(c3ccccc3)NC2C=C1. The number of hydrogen-bond acceptors (Lipinski definition) is 6. The van der Waals surface area contributed by atoms with E-state index in [1.54, 1.807) is 0 Å². The third-order valence-corrected chi connectivity index (χ3v) is 10.4. The summed E-state index contributed by atoms with van der Waals surface area (Å²) in [7, 11) is 0. The minimum atomic E-state index is 0.0512. The van der Waals surface area contributed by atoms with Crippen molar-refractivity contribution in [2.75, 3.05) is 0 Å². The van der Waals surface area contributed by atoms with Crippen LogP contribution in [0.5, 0.6) is 0 Å². The molecular weight excluding hydrogens is 665 g/mol. The summed E-state index contributed by atoms with van der Waals surface area (Å²) in [6.45, 7) is 0. The average Bonchev–Trinajstić information content (AvgIpc) is 3.83. The molecule has 0 bridgehead atoms. The van der Waals surface area contributed by atoms with Crippen molar-refractivity contribution in [3.63, 3.8) is 0 Å². The minimum absolute atomic E-state index is 0.0512. The van der Waals surface area contributed by atoms with E-state index in [-0.39, 0.29) is 6.04 Å². The Morgan fingerprint density at radius 1 is 0.481 bits per heavy atom. The molecule has 6 aromatic carbocycles. The number of benzene rings is 6. The topological polar surface area (TPSA) is 77.0 Å². The maximum Gasteiger partial charge on any atom is 0.167 e. The highest BCUT2D eigenvalue weighted by atomic mass is 16.3. The first-order valence-corrected chi connectivity index (χ1v) is 18.1. The Labute approximate surface area is 309 Å². The number of aromatic nitrogens is 3. The molecule has 1 aliphatic heterocycles. The summed E-state index contributed by atoms with van der Waals surface area (Å²) in [4.78, 5) is 15.0. The molecule has 54 heavy (non-hydrogen) atoms. The van der Waals surface area contributed by atoms with Crippen LogP contribution in [0.1, 0.15) is 5.56 Å². The third kappa shape index (κ3) is 4.92. The zero-order valence-corrected chi connectivity index (χ0v) is 28.9. The molecule has 0 radical (unpaired) electrons. The van der Waals surface area contributed by atoms with Crippen molar-refractivity contribution < 1.29 is 8.83 Å². The van der Waals surface area contributed by atoms with Crippen molar-refractivity contribution in [3.8, 4) is 45.3 Å². The standard InChI is InChI=1S/C48H30N4O2/c1-3-12-30(13-4-1)43-42-38-28-33(26-27-41(38)54-45(42)36-17-7-9-20-39(36)49-43)29-22-24-32(25-23-29)47-50-46(31-14-5-2-6-15-31)51-48(52-47)37-19-11-18-35-34-16-8-10-21-40(34)53-44(35)37/h1-28,39,49H. The summed E-state index contributed by atoms with van der Waals surface area (Å²) in [5.74, 6) is 1.75. The van der Waals surface area contributed by atoms with Crippen LogP contribution in [-0.2, 0) is 0 Å². The van der Waals surface area contributed by atoms with Gasteiger partial charge in [0, 0.05) is 32.9 Å².